The normalized spacial score (nSPS) is 14.9. The lowest BCUT2D eigenvalue weighted by Crippen LogP contribution is -2.29. The molecular formula is C24H25N3O7S. The number of methoxy groups -OCH3 is 1. The quantitative estimate of drug-likeness (QED) is 0.468. The average Bonchev–Trinajstić information content (AvgIpc) is 3.55. The summed E-state index contributed by atoms with van der Waals surface area (Å²) in [5.41, 5.74) is 0.395. The third kappa shape index (κ3) is 5.36. The van der Waals surface area contributed by atoms with Crippen molar-refractivity contribution in [2.24, 2.45) is 0 Å². The monoisotopic (exact) mass is 499 g/mol. The number of rotatable bonds is 8. The van der Waals surface area contributed by atoms with E-state index in [1.165, 1.54) is 35.7 Å². The molecule has 35 heavy (non-hydrogen) atoms. The van der Waals surface area contributed by atoms with Crippen molar-refractivity contribution in [3.05, 3.63) is 71.5 Å². The molecule has 1 aliphatic heterocycles. The van der Waals surface area contributed by atoms with E-state index in [-0.39, 0.29) is 22.0 Å². The Morgan fingerprint density at radius 1 is 1.09 bits per heavy atom. The first-order chi connectivity index (χ1) is 16.8. The van der Waals surface area contributed by atoms with E-state index in [1.54, 1.807) is 37.3 Å². The highest BCUT2D eigenvalue weighted by molar-refractivity contribution is 7.89. The molecule has 10 nitrogen and oxygen atoms in total. The fourth-order valence-electron chi connectivity index (χ4n) is 3.77. The first-order valence-corrected chi connectivity index (χ1v) is 12.4. The molecule has 1 N–H and O–H groups in total. The molecular weight excluding hydrogens is 474 g/mol. The molecule has 0 unspecified atom stereocenters. The molecule has 2 aromatic carbocycles. The molecule has 3 aromatic rings. The van der Waals surface area contributed by atoms with Crippen LogP contribution < -0.4 is 10.1 Å². The van der Waals surface area contributed by atoms with E-state index in [0.717, 1.165) is 12.8 Å². The number of amides is 1. The number of esters is 1. The summed E-state index contributed by atoms with van der Waals surface area (Å²) in [6.07, 6.45) is 0.214. The molecule has 0 spiro atoms. The Kier molecular flexibility index (Phi) is 7.17. The van der Waals surface area contributed by atoms with Gasteiger partial charge in [0, 0.05) is 24.7 Å². The van der Waals surface area contributed by atoms with E-state index >= 15 is 0 Å². The van der Waals surface area contributed by atoms with Crippen molar-refractivity contribution in [3.8, 4) is 5.75 Å². The summed E-state index contributed by atoms with van der Waals surface area (Å²) >= 11 is 0. The zero-order valence-corrected chi connectivity index (χ0v) is 20.1. The minimum absolute atomic E-state index is 0.0328. The summed E-state index contributed by atoms with van der Waals surface area (Å²) < 4.78 is 43.5. The number of anilines is 1. The third-order valence-electron chi connectivity index (χ3n) is 5.53. The fourth-order valence-corrected chi connectivity index (χ4v) is 5.46. The van der Waals surface area contributed by atoms with Crippen LogP contribution in [0.4, 0.5) is 5.82 Å². The largest absolute Gasteiger partial charge is 0.495 e. The van der Waals surface area contributed by atoms with Gasteiger partial charge in [0.25, 0.3) is 5.91 Å². The van der Waals surface area contributed by atoms with E-state index in [4.69, 9.17) is 14.0 Å². The standard InChI is InChI=1S/C24H25N3O7S/c1-16-14-21(26-34-16)25-23(28)22(17-8-4-3-5-9-17)33-24(29)18-10-11-19(32-2)20(15-18)35(30,31)27-12-6-7-13-27/h3-5,8-11,14-15,22H,6-7,12-13H2,1-2H3,(H,25,26,28)/t22-/m0/s1. The molecule has 1 aromatic heterocycles. The van der Waals surface area contributed by atoms with Gasteiger partial charge in [-0.3, -0.25) is 4.79 Å². The number of nitrogens with zero attached hydrogens (tertiary/aromatic N) is 2. The van der Waals surface area contributed by atoms with Gasteiger partial charge in [0.15, 0.2) is 5.82 Å². The minimum atomic E-state index is -3.87. The van der Waals surface area contributed by atoms with Crippen LogP contribution in [0, 0.1) is 6.92 Å². The van der Waals surface area contributed by atoms with Gasteiger partial charge in [-0.15, -0.1) is 0 Å². The Morgan fingerprint density at radius 3 is 2.43 bits per heavy atom. The lowest BCUT2D eigenvalue weighted by atomic mass is 10.1. The number of sulfonamides is 1. The van der Waals surface area contributed by atoms with E-state index < -0.39 is 28.0 Å². The molecule has 1 atom stereocenters. The van der Waals surface area contributed by atoms with Gasteiger partial charge < -0.3 is 19.3 Å². The maximum Gasteiger partial charge on any atom is 0.339 e. The summed E-state index contributed by atoms with van der Waals surface area (Å²) in [4.78, 5) is 26.0. The zero-order valence-electron chi connectivity index (χ0n) is 19.3. The van der Waals surface area contributed by atoms with Crippen LogP contribution in [0.5, 0.6) is 5.75 Å². The number of ether oxygens (including phenoxy) is 2. The second-order valence-corrected chi connectivity index (χ2v) is 9.89. The average molecular weight is 500 g/mol. The zero-order chi connectivity index (χ0) is 25.0. The van der Waals surface area contributed by atoms with Gasteiger partial charge in [0.1, 0.15) is 16.4 Å². The predicted molar refractivity (Wildman–Crippen MR) is 125 cm³/mol. The first kappa shape index (κ1) is 24.4. The lowest BCUT2D eigenvalue weighted by molar-refractivity contribution is -0.125. The number of carbonyl (C=O) groups is 2. The second-order valence-electron chi connectivity index (χ2n) is 7.98. The number of benzene rings is 2. The van der Waals surface area contributed by atoms with Crippen LogP contribution in [-0.2, 0) is 19.6 Å². The minimum Gasteiger partial charge on any atom is -0.495 e. The van der Waals surface area contributed by atoms with Gasteiger partial charge >= 0.3 is 5.97 Å². The summed E-state index contributed by atoms with van der Waals surface area (Å²) in [6, 6.07) is 14.0. The molecule has 1 amide bonds. The Balaban J connectivity index is 1.63. The number of aryl methyl sites for hydroxylation is 1. The van der Waals surface area contributed by atoms with Gasteiger partial charge in [-0.25, -0.2) is 13.2 Å². The van der Waals surface area contributed by atoms with Crippen LogP contribution in [0.1, 0.15) is 40.6 Å². The number of carbonyl (C=O) groups excluding carboxylic acids is 2. The SMILES string of the molecule is COc1ccc(C(=O)O[C@H](C(=O)Nc2cc(C)on2)c2ccccc2)cc1S(=O)(=O)N1CCCC1. The van der Waals surface area contributed by atoms with Crippen molar-refractivity contribution < 1.29 is 32.0 Å². The highest BCUT2D eigenvalue weighted by Crippen LogP contribution is 2.31. The van der Waals surface area contributed by atoms with Crippen LogP contribution in [0.2, 0.25) is 0 Å². The third-order valence-corrected chi connectivity index (χ3v) is 7.45. The van der Waals surface area contributed by atoms with Crippen LogP contribution in [0.3, 0.4) is 0 Å². The highest BCUT2D eigenvalue weighted by Gasteiger charge is 2.32. The smallest absolute Gasteiger partial charge is 0.339 e. The van der Waals surface area contributed by atoms with Crippen molar-refractivity contribution >= 4 is 27.7 Å². The lowest BCUT2D eigenvalue weighted by Gasteiger charge is -2.19. The predicted octanol–water partition coefficient (Wildman–Crippen LogP) is 3.31. The number of hydrogen-bond acceptors (Lipinski definition) is 8. The summed E-state index contributed by atoms with van der Waals surface area (Å²) in [5, 5.41) is 6.30. The van der Waals surface area contributed by atoms with E-state index in [1.807, 2.05) is 0 Å². The van der Waals surface area contributed by atoms with Crippen molar-refractivity contribution in [2.75, 3.05) is 25.5 Å². The van der Waals surface area contributed by atoms with Crippen LogP contribution in [-0.4, -0.2) is 50.0 Å². The molecule has 184 valence electrons. The summed E-state index contributed by atoms with van der Waals surface area (Å²) in [5.74, 6) is -0.721. The van der Waals surface area contributed by atoms with Gasteiger partial charge in [0.2, 0.25) is 16.1 Å². The molecule has 1 saturated heterocycles. The Morgan fingerprint density at radius 2 is 1.80 bits per heavy atom. The summed E-state index contributed by atoms with van der Waals surface area (Å²) in [7, 11) is -2.51. The molecule has 1 aliphatic rings. The van der Waals surface area contributed by atoms with Gasteiger partial charge in [-0.05, 0) is 38.0 Å². The van der Waals surface area contributed by atoms with E-state index in [9.17, 15) is 18.0 Å². The first-order valence-electron chi connectivity index (χ1n) is 11.0. The Bertz CT molecular complexity index is 1320. The maximum atomic E-state index is 13.2. The van der Waals surface area contributed by atoms with Crippen LogP contribution in [0.15, 0.2) is 64.0 Å². The van der Waals surface area contributed by atoms with Crippen molar-refractivity contribution in [1.29, 1.82) is 0 Å². The molecule has 11 heteroatoms. The molecule has 1 fully saturated rings. The van der Waals surface area contributed by atoms with E-state index in [2.05, 4.69) is 10.5 Å². The number of nitrogens with one attached hydrogen (secondary N) is 1. The molecule has 0 aliphatic carbocycles. The number of aromatic nitrogens is 1. The Hall–Kier alpha value is -3.70. The topological polar surface area (TPSA) is 128 Å². The van der Waals surface area contributed by atoms with Gasteiger partial charge in [-0.1, -0.05) is 35.5 Å². The molecule has 4 rings (SSSR count). The Labute approximate surface area is 202 Å². The van der Waals surface area contributed by atoms with Gasteiger partial charge in [-0.2, -0.15) is 4.31 Å². The van der Waals surface area contributed by atoms with Crippen molar-refractivity contribution in [1.82, 2.24) is 9.46 Å². The number of hydrogen-bond donors (Lipinski definition) is 1. The maximum absolute atomic E-state index is 13.2. The highest BCUT2D eigenvalue weighted by atomic mass is 32.2. The molecule has 0 saturated carbocycles. The fraction of sp³-hybridized carbons (Fsp3) is 0.292. The van der Waals surface area contributed by atoms with Crippen molar-refractivity contribution in [2.45, 2.75) is 30.8 Å². The second kappa shape index (κ2) is 10.3. The summed E-state index contributed by atoms with van der Waals surface area (Å²) in [6.45, 7) is 2.48. The van der Waals surface area contributed by atoms with Crippen LogP contribution in [0.25, 0.3) is 0 Å². The molecule has 2 heterocycles. The van der Waals surface area contributed by atoms with Gasteiger partial charge in [0.05, 0.1) is 12.7 Å². The van der Waals surface area contributed by atoms with Crippen molar-refractivity contribution in [3.63, 3.8) is 0 Å². The molecule has 0 radical (unpaired) electrons. The van der Waals surface area contributed by atoms with Crippen LogP contribution >= 0.6 is 0 Å². The molecule has 0 bridgehead atoms. The van der Waals surface area contributed by atoms with E-state index in [0.29, 0.717) is 24.4 Å².